The van der Waals surface area contributed by atoms with Gasteiger partial charge in [0.05, 0.1) is 0 Å². The molecule has 0 aliphatic carbocycles. The van der Waals surface area contributed by atoms with Gasteiger partial charge >= 0.3 is 0 Å². The lowest BCUT2D eigenvalue weighted by Crippen LogP contribution is -2.56. The average molecular weight is 521 g/mol. The Bertz CT molecular complexity index is 1120. The van der Waals surface area contributed by atoms with Gasteiger partial charge in [-0.15, -0.1) is 17.0 Å². The van der Waals surface area contributed by atoms with Gasteiger partial charge in [0.2, 0.25) is 0 Å². The van der Waals surface area contributed by atoms with E-state index in [0.29, 0.717) is 12.1 Å². The van der Waals surface area contributed by atoms with Gasteiger partial charge in [-0.3, -0.25) is 4.90 Å². The quantitative estimate of drug-likeness (QED) is 0.254. The van der Waals surface area contributed by atoms with E-state index in [0.717, 1.165) is 6.54 Å². The maximum Gasteiger partial charge on any atom is 0.0491 e. The lowest BCUT2D eigenvalue weighted by atomic mass is 10.1. The highest BCUT2D eigenvalue weighted by Gasteiger charge is 2.28. The normalized spacial score (nSPS) is 19.5. The third-order valence-electron chi connectivity index (χ3n) is 7.44. The minimum absolute atomic E-state index is 0. The van der Waals surface area contributed by atoms with Crippen molar-refractivity contribution in [2.45, 2.75) is 51.7 Å². The highest BCUT2D eigenvalue weighted by atomic mass is 79.9. The zero-order chi connectivity index (χ0) is 22.6. The standard InChI is InChI=1S/C30H37N3.BrH/c1-24-22-31(23-25(2)32(24)20-10-14-26-12-4-3-5-13-26)19-11-21-33-29-17-8-6-15-27(29)28-16-7-9-18-30(28)33;/h3-9,12-13,15-18,24-25H,10-11,14,19-23H2,1-2H3;1H/t24-,25+;. The Balaban J connectivity index is 0.00000274. The Labute approximate surface area is 215 Å². The second-order valence-electron chi connectivity index (χ2n) is 9.82. The molecule has 0 N–H and O–H groups in total. The fraction of sp³-hybridized carbons (Fsp3) is 0.400. The Hall–Kier alpha value is -2.14. The molecule has 3 aromatic carbocycles. The average Bonchev–Trinajstić information content (AvgIpc) is 3.15. The maximum absolute atomic E-state index is 2.73. The van der Waals surface area contributed by atoms with Gasteiger partial charge in [0.1, 0.15) is 0 Å². The van der Waals surface area contributed by atoms with Crippen LogP contribution in [0.5, 0.6) is 0 Å². The van der Waals surface area contributed by atoms with Crippen LogP contribution >= 0.6 is 17.0 Å². The van der Waals surface area contributed by atoms with Gasteiger partial charge in [0.25, 0.3) is 0 Å². The predicted octanol–water partition coefficient (Wildman–Crippen LogP) is 6.79. The summed E-state index contributed by atoms with van der Waals surface area (Å²) in [6.45, 7) is 10.6. The number of aromatic nitrogens is 1. The van der Waals surface area contributed by atoms with Gasteiger partial charge in [0, 0.05) is 53.5 Å². The number of para-hydroxylation sites is 2. The molecule has 0 amide bonds. The molecule has 180 valence electrons. The second-order valence-corrected chi connectivity index (χ2v) is 9.82. The summed E-state index contributed by atoms with van der Waals surface area (Å²) in [5.74, 6) is 0. The number of hydrogen-bond donors (Lipinski definition) is 0. The molecule has 0 saturated carbocycles. The van der Waals surface area contributed by atoms with Crippen LogP contribution in [0.1, 0.15) is 32.3 Å². The van der Waals surface area contributed by atoms with E-state index in [1.54, 1.807) is 0 Å². The first kappa shape index (κ1) is 25.0. The van der Waals surface area contributed by atoms with Crippen LogP contribution < -0.4 is 0 Å². The van der Waals surface area contributed by atoms with Crippen molar-refractivity contribution in [2.24, 2.45) is 0 Å². The number of benzene rings is 3. The van der Waals surface area contributed by atoms with Gasteiger partial charge in [-0.05, 0) is 63.9 Å². The topological polar surface area (TPSA) is 11.4 Å². The van der Waals surface area contributed by atoms with E-state index in [1.165, 1.54) is 72.8 Å². The van der Waals surface area contributed by atoms with Crippen molar-refractivity contribution < 1.29 is 0 Å². The SMILES string of the molecule is Br.C[C@@H]1CN(CCCn2c3ccccc3c3ccccc32)C[C@H](C)N1CCCc1ccccc1. The molecular formula is C30H38BrN3. The number of fused-ring (bicyclic) bond motifs is 3. The van der Waals surface area contributed by atoms with Crippen molar-refractivity contribution in [1.82, 2.24) is 14.4 Å². The molecule has 0 unspecified atom stereocenters. The van der Waals surface area contributed by atoms with E-state index in [4.69, 9.17) is 0 Å². The summed E-state index contributed by atoms with van der Waals surface area (Å²) in [5, 5.41) is 2.75. The number of hydrogen-bond acceptors (Lipinski definition) is 2. The zero-order valence-corrected chi connectivity index (χ0v) is 22.3. The zero-order valence-electron chi connectivity index (χ0n) is 20.6. The molecule has 1 aliphatic heterocycles. The second kappa shape index (κ2) is 11.5. The predicted molar refractivity (Wildman–Crippen MR) is 151 cm³/mol. The third kappa shape index (κ3) is 5.40. The minimum atomic E-state index is 0. The van der Waals surface area contributed by atoms with Crippen molar-refractivity contribution in [2.75, 3.05) is 26.2 Å². The molecular weight excluding hydrogens is 482 g/mol. The van der Waals surface area contributed by atoms with Gasteiger partial charge in [-0.2, -0.15) is 0 Å². The van der Waals surface area contributed by atoms with Crippen LogP contribution in [0.2, 0.25) is 0 Å². The van der Waals surface area contributed by atoms with E-state index in [-0.39, 0.29) is 17.0 Å². The monoisotopic (exact) mass is 519 g/mol. The van der Waals surface area contributed by atoms with Crippen molar-refractivity contribution >= 4 is 38.8 Å². The molecule has 0 bridgehead atoms. The first-order valence-corrected chi connectivity index (χ1v) is 12.7. The van der Waals surface area contributed by atoms with Crippen molar-refractivity contribution in [3.63, 3.8) is 0 Å². The van der Waals surface area contributed by atoms with Gasteiger partial charge in [-0.1, -0.05) is 66.7 Å². The third-order valence-corrected chi connectivity index (χ3v) is 7.44. The minimum Gasteiger partial charge on any atom is -0.340 e. The summed E-state index contributed by atoms with van der Waals surface area (Å²) >= 11 is 0. The molecule has 0 radical (unpaired) electrons. The fourth-order valence-corrected chi connectivity index (χ4v) is 5.90. The van der Waals surface area contributed by atoms with E-state index in [1.807, 2.05) is 0 Å². The summed E-state index contributed by atoms with van der Waals surface area (Å²) in [6.07, 6.45) is 3.61. The molecule has 2 heterocycles. The summed E-state index contributed by atoms with van der Waals surface area (Å²) in [6, 6.07) is 29.9. The number of piperazine rings is 1. The molecule has 1 fully saturated rings. The van der Waals surface area contributed by atoms with E-state index < -0.39 is 0 Å². The Morgan fingerprint density at radius 1 is 0.647 bits per heavy atom. The molecule has 1 aromatic heterocycles. The van der Waals surface area contributed by atoms with E-state index in [9.17, 15) is 0 Å². The van der Waals surface area contributed by atoms with Crippen LogP contribution in [-0.4, -0.2) is 52.6 Å². The lowest BCUT2D eigenvalue weighted by Gasteiger charge is -2.44. The lowest BCUT2D eigenvalue weighted by molar-refractivity contribution is 0.0373. The van der Waals surface area contributed by atoms with Crippen molar-refractivity contribution in [3.8, 4) is 0 Å². The van der Waals surface area contributed by atoms with Crippen LogP contribution in [0.25, 0.3) is 21.8 Å². The molecule has 3 nitrogen and oxygen atoms in total. The van der Waals surface area contributed by atoms with Crippen LogP contribution in [0.4, 0.5) is 0 Å². The largest absolute Gasteiger partial charge is 0.340 e. The Morgan fingerprint density at radius 3 is 1.82 bits per heavy atom. The summed E-state index contributed by atoms with van der Waals surface area (Å²) < 4.78 is 2.53. The van der Waals surface area contributed by atoms with E-state index >= 15 is 0 Å². The highest BCUT2D eigenvalue weighted by Crippen LogP contribution is 2.29. The Kier molecular flexibility index (Phi) is 8.46. The fourth-order valence-electron chi connectivity index (χ4n) is 5.90. The number of rotatable bonds is 8. The molecule has 5 rings (SSSR count). The molecule has 4 aromatic rings. The molecule has 0 spiro atoms. The maximum atomic E-state index is 2.73. The summed E-state index contributed by atoms with van der Waals surface area (Å²) in [7, 11) is 0. The van der Waals surface area contributed by atoms with Crippen molar-refractivity contribution in [3.05, 3.63) is 84.4 Å². The first-order valence-electron chi connectivity index (χ1n) is 12.7. The molecule has 1 saturated heterocycles. The van der Waals surface area contributed by atoms with Crippen LogP contribution in [0.3, 0.4) is 0 Å². The summed E-state index contributed by atoms with van der Waals surface area (Å²) in [4.78, 5) is 5.42. The smallest absolute Gasteiger partial charge is 0.0491 e. The molecule has 1 aliphatic rings. The van der Waals surface area contributed by atoms with Crippen molar-refractivity contribution in [1.29, 1.82) is 0 Å². The number of aryl methyl sites for hydroxylation is 2. The van der Waals surface area contributed by atoms with Gasteiger partial charge < -0.3 is 9.47 Å². The molecule has 4 heteroatoms. The number of nitrogens with zero attached hydrogens (tertiary/aromatic N) is 3. The Morgan fingerprint density at radius 2 is 1.21 bits per heavy atom. The van der Waals surface area contributed by atoms with E-state index in [2.05, 4.69) is 107 Å². The van der Waals surface area contributed by atoms with Crippen LogP contribution in [0.15, 0.2) is 78.9 Å². The molecule has 34 heavy (non-hydrogen) atoms. The van der Waals surface area contributed by atoms with Crippen LogP contribution in [0, 0.1) is 0 Å². The molecule has 2 atom stereocenters. The van der Waals surface area contributed by atoms with Crippen LogP contribution in [-0.2, 0) is 13.0 Å². The van der Waals surface area contributed by atoms with Gasteiger partial charge in [-0.25, -0.2) is 0 Å². The number of halogens is 1. The van der Waals surface area contributed by atoms with Gasteiger partial charge in [0.15, 0.2) is 0 Å². The first-order chi connectivity index (χ1) is 16.2. The summed E-state index contributed by atoms with van der Waals surface area (Å²) in [5.41, 5.74) is 4.19. The highest BCUT2D eigenvalue weighted by molar-refractivity contribution is 8.93.